The van der Waals surface area contributed by atoms with E-state index in [0.29, 0.717) is 49.2 Å². The fraction of sp³-hybridized carbons (Fsp3) is 0.435. The summed E-state index contributed by atoms with van der Waals surface area (Å²) in [6.45, 7) is 4.47. The number of carbonyl (C=O) groups is 2. The summed E-state index contributed by atoms with van der Waals surface area (Å²) < 4.78 is 15.8. The lowest BCUT2D eigenvalue weighted by Gasteiger charge is -2.37. The maximum absolute atomic E-state index is 13.1. The summed E-state index contributed by atoms with van der Waals surface area (Å²) in [7, 11) is 1.55. The lowest BCUT2D eigenvalue weighted by atomic mass is 9.94. The molecular formula is C23H26ClN3O5S. The molecule has 4 rings (SSSR count). The van der Waals surface area contributed by atoms with Crippen molar-refractivity contribution in [2.45, 2.75) is 19.4 Å². The number of amidine groups is 1. The lowest BCUT2D eigenvalue weighted by Crippen LogP contribution is -2.42. The van der Waals surface area contributed by atoms with Gasteiger partial charge in [-0.05, 0) is 30.0 Å². The average Bonchev–Trinajstić information content (AvgIpc) is 3.20. The van der Waals surface area contributed by atoms with Gasteiger partial charge in [0.15, 0.2) is 5.17 Å². The van der Waals surface area contributed by atoms with Gasteiger partial charge in [0.25, 0.3) is 0 Å². The summed E-state index contributed by atoms with van der Waals surface area (Å²) in [6.07, 6.45) is 0.203. The van der Waals surface area contributed by atoms with Crippen LogP contribution in [-0.4, -0.2) is 73.5 Å². The van der Waals surface area contributed by atoms with E-state index in [0.717, 1.165) is 16.4 Å². The van der Waals surface area contributed by atoms with Crippen molar-refractivity contribution in [1.29, 1.82) is 0 Å². The van der Waals surface area contributed by atoms with Crippen LogP contribution in [0.4, 0.5) is 0 Å². The van der Waals surface area contributed by atoms with E-state index in [9.17, 15) is 9.59 Å². The molecule has 0 N–H and O–H groups in total. The Morgan fingerprint density at radius 1 is 1.27 bits per heavy atom. The third kappa shape index (κ3) is 5.27. The molecule has 3 aliphatic heterocycles. The van der Waals surface area contributed by atoms with Crippen LogP contribution in [0.5, 0.6) is 0 Å². The highest BCUT2D eigenvalue weighted by Crippen LogP contribution is 2.45. The Kier molecular flexibility index (Phi) is 7.75. The van der Waals surface area contributed by atoms with Gasteiger partial charge in [-0.1, -0.05) is 35.5 Å². The number of benzene rings is 1. The summed E-state index contributed by atoms with van der Waals surface area (Å²) in [5, 5.41) is 3.21. The third-order valence-corrected chi connectivity index (χ3v) is 6.73. The number of allylic oxidation sites excluding steroid dienone is 1. The standard InChI is InChI=1S/C23H26ClN3O5S/c1-15-20(22(29)32-11-10-30-2)21(16-4-3-5-17(24)12-16)27-18(14-33-23(27)25-15)13-19(28)26-6-8-31-9-7-26/h3-5,12,14,21H,6-11,13H2,1-2H3/t21-/m1/s1. The number of hydrogen-bond acceptors (Lipinski definition) is 8. The SMILES string of the molecule is COCCOC(=O)C1=C(C)N=C2SC=C(CC(=O)N3CCOCC3)N2[C@@H]1c1cccc(Cl)c1. The van der Waals surface area contributed by atoms with E-state index in [1.54, 1.807) is 20.1 Å². The molecule has 1 atom stereocenters. The number of carbonyl (C=O) groups excluding carboxylic acids is 2. The molecule has 0 unspecified atom stereocenters. The minimum Gasteiger partial charge on any atom is -0.460 e. The van der Waals surface area contributed by atoms with Crippen molar-refractivity contribution >= 4 is 40.4 Å². The minimum atomic E-state index is -0.509. The molecule has 176 valence electrons. The number of nitrogens with zero attached hydrogens (tertiary/aromatic N) is 3. The molecule has 0 bridgehead atoms. The number of thioether (sulfide) groups is 1. The number of halogens is 1. The topological polar surface area (TPSA) is 80.7 Å². The van der Waals surface area contributed by atoms with Crippen LogP contribution >= 0.6 is 23.4 Å². The predicted octanol–water partition coefficient (Wildman–Crippen LogP) is 3.35. The lowest BCUT2D eigenvalue weighted by molar-refractivity contribution is -0.141. The van der Waals surface area contributed by atoms with Crippen molar-refractivity contribution in [3.63, 3.8) is 0 Å². The normalized spacial score (nSPS) is 20.4. The molecule has 1 fully saturated rings. The van der Waals surface area contributed by atoms with Crippen LogP contribution in [0.2, 0.25) is 5.02 Å². The molecule has 1 aromatic carbocycles. The van der Waals surface area contributed by atoms with Crippen LogP contribution in [0.3, 0.4) is 0 Å². The second-order valence-corrected chi connectivity index (χ2v) is 9.02. The summed E-state index contributed by atoms with van der Waals surface area (Å²) in [4.78, 5) is 34.6. The number of aliphatic imine (C=N–C) groups is 1. The van der Waals surface area contributed by atoms with Gasteiger partial charge in [-0.2, -0.15) is 0 Å². The Hall–Kier alpha value is -2.33. The first-order valence-corrected chi connectivity index (χ1v) is 12.0. The molecule has 1 amide bonds. The highest BCUT2D eigenvalue weighted by atomic mass is 35.5. The number of methoxy groups -OCH3 is 1. The number of amides is 1. The van der Waals surface area contributed by atoms with Crippen LogP contribution in [0.25, 0.3) is 0 Å². The highest BCUT2D eigenvalue weighted by Gasteiger charge is 2.41. The van der Waals surface area contributed by atoms with E-state index in [4.69, 9.17) is 25.8 Å². The molecule has 0 aromatic heterocycles. The van der Waals surface area contributed by atoms with Gasteiger partial charge >= 0.3 is 5.97 Å². The first-order chi connectivity index (χ1) is 16.0. The van der Waals surface area contributed by atoms with Gasteiger partial charge in [0.05, 0.1) is 43.6 Å². The van der Waals surface area contributed by atoms with Gasteiger partial charge in [0.1, 0.15) is 6.61 Å². The second kappa shape index (κ2) is 10.7. The molecule has 0 radical (unpaired) electrons. The van der Waals surface area contributed by atoms with Crippen molar-refractivity contribution < 1.29 is 23.8 Å². The molecule has 3 aliphatic rings. The van der Waals surface area contributed by atoms with Crippen molar-refractivity contribution in [3.8, 4) is 0 Å². The Balaban J connectivity index is 1.66. The molecule has 3 heterocycles. The number of fused-ring (bicyclic) bond motifs is 1. The van der Waals surface area contributed by atoms with Crippen LogP contribution in [0.15, 0.2) is 51.6 Å². The Morgan fingerprint density at radius 3 is 2.79 bits per heavy atom. The van der Waals surface area contributed by atoms with Gasteiger partial charge in [-0.15, -0.1) is 0 Å². The fourth-order valence-electron chi connectivity index (χ4n) is 4.00. The van der Waals surface area contributed by atoms with E-state index in [1.165, 1.54) is 11.8 Å². The van der Waals surface area contributed by atoms with Crippen molar-refractivity contribution in [3.05, 3.63) is 57.2 Å². The molecule has 10 heteroatoms. The first-order valence-electron chi connectivity index (χ1n) is 10.7. The Labute approximate surface area is 202 Å². The monoisotopic (exact) mass is 491 g/mol. The number of morpholine rings is 1. The zero-order valence-electron chi connectivity index (χ0n) is 18.6. The Morgan fingerprint density at radius 2 is 2.06 bits per heavy atom. The van der Waals surface area contributed by atoms with Gasteiger partial charge in [0.2, 0.25) is 5.91 Å². The van der Waals surface area contributed by atoms with Gasteiger partial charge in [0, 0.05) is 30.9 Å². The van der Waals surface area contributed by atoms with E-state index < -0.39 is 12.0 Å². The summed E-state index contributed by atoms with van der Waals surface area (Å²) in [5.74, 6) is -0.445. The minimum absolute atomic E-state index is 0.0201. The van der Waals surface area contributed by atoms with E-state index in [1.807, 2.05) is 33.4 Å². The van der Waals surface area contributed by atoms with E-state index in [2.05, 4.69) is 4.99 Å². The largest absolute Gasteiger partial charge is 0.460 e. The number of rotatable bonds is 7. The molecular weight excluding hydrogens is 466 g/mol. The molecule has 8 nitrogen and oxygen atoms in total. The van der Waals surface area contributed by atoms with E-state index in [-0.39, 0.29) is 18.9 Å². The van der Waals surface area contributed by atoms with Crippen LogP contribution < -0.4 is 0 Å². The zero-order valence-corrected chi connectivity index (χ0v) is 20.2. The fourth-order valence-corrected chi connectivity index (χ4v) is 5.16. The molecule has 0 spiro atoms. The first kappa shape index (κ1) is 23.8. The van der Waals surface area contributed by atoms with Gasteiger partial charge in [-0.25, -0.2) is 9.79 Å². The van der Waals surface area contributed by atoms with Crippen LogP contribution in [-0.2, 0) is 23.8 Å². The van der Waals surface area contributed by atoms with Crippen LogP contribution in [0, 0.1) is 0 Å². The van der Waals surface area contributed by atoms with Gasteiger partial charge < -0.3 is 24.0 Å². The van der Waals surface area contributed by atoms with Gasteiger partial charge in [-0.3, -0.25) is 4.79 Å². The van der Waals surface area contributed by atoms with Crippen molar-refractivity contribution in [1.82, 2.24) is 9.80 Å². The maximum atomic E-state index is 13.1. The zero-order chi connectivity index (χ0) is 23.4. The van der Waals surface area contributed by atoms with Crippen molar-refractivity contribution in [2.75, 3.05) is 46.6 Å². The van der Waals surface area contributed by atoms with Crippen LogP contribution in [0.1, 0.15) is 24.9 Å². The number of ether oxygens (including phenoxy) is 3. The average molecular weight is 492 g/mol. The Bertz CT molecular complexity index is 1020. The second-order valence-electron chi connectivity index (χ2n) is 7.75. The number of hydrogen-bond donors (Lipinski definition) is 0. The molecule has 1 aromatic rings. The van der Waals surface area contributed by atoms with Crippen molar-refractivity contribution in [2.24, 2.45) is 4.99 Å². The third-order valence-electron chi connectivity index (χ3n) is 5.60. The highest BCUT2D eigenvalue weighted by molar-refractivity contribution is 8.16. The molecule has 0 aliphatic carbocycles. The molecule has 33 heavy (non-hydrogen) atoms. The quantitative estimate of drug-likeness (QED) is 0.427. The molecule has 1 saturated heterocycles. The van der Waals surface area contributed by atoms with E-state index >= 15 is 0 Å². The number of esters is 1. The predicted molar refractivity (Wildman–Crippen MR) is 127 cm³/mol. The molecule has 0 saturated carbocycles. The maximum Gasteiger partial charge on any atom is 0.338 e. The summed E-state index contributed by atoms with van der Waals surface area (Å²) in [6, 6.07) is 6.87. The summed E-state index contributed by atoms with van der Waals surface area (Å²) in [5.41, 5.74) is 2.61. The smallest absolute Gasteiger partial charge is 0.338 e. The summed E-state index contributed by atoms with van der Waals surface area (Å²) >= 11 is 7.75.